The first kappa shape index (κ1) is 13.5. The molecule has 0 saturated carbocycles. The quantitative estimate of drug-likeness (QED) is 0.836. The van der Waals surface area contributed by atoms with Gasteiger partial charge in [-0.25, -0.2) is 8.42 Å². The van der Waals surface area contributed by atoms with Crippen LogP contribution < -0.4 is 0 Å². The Bertz CT molecular complexity index is 479. The lowest BCUT2D eigenvalue weighted by Crippen LogP contribution is -2.40. The third-order valence-corrected chi connectivity index (χ3v) is 5.48. The molecule has 0 aromatic carbocycles. The van der Waals surface area contributed by atoms with Gasteiger partial charge in [-0.2, -0.15) is 0 Å². The summed E-state index contributed by atoms with van der Waals surface area (Å²) in [4.78, 5) is 6.46. The number of rotatable bonds is 3. The molecular weight excluding hydrogens is 248 g/mol. The van der Waals surface area contributed by atoms with Crippen LogP contribution in [-0.4, -0.2) is 42.9 Å². The molecule has 1 aliphatic heterocycles. The first-order chi connectivity index (χ1) is 8.48. The molecule has 18 heavy (non-hydrogen) atoms. The fourth-order valence-corrected chi connectivity index (χ4v) is 3.59. The van der Waals surface area contributed by atoms with Gasteiger partial charge in [-0.1, -0.05) is 6.07 Å². The summed E-state index contributed by atoms with van der Waals surface area (Å²) in [5.74, 6) is 0. The predicted molar refractivity (Wildman–Crippen MR) is 72.1 cm³/mol. The largest absolute Gasteiger partial charge is 0.296 e. The summed E-state index contributed by atoms with van der Waals surface area (Å²) < 4.78 is 23.0. The molecule has 2 heterocycles. The molecular formula is C13H20N2O2S. The van der Waals surface area contributed by atoms with E-state index in [-0.39, 0.29) is 5.25 Å². The van der Waals surface area contributed by atoms with E-state index in [0.717, 1.165) is 25.9 Å². The van der Waals surface area contributed by atoms with Gasteiger partial charge in [-0.15, -0.1) is 0 Å². The molecule has 1 aliphatic rings. The summed E-state index contributed by atoms with van der Waals surface area (Å²) >= 11 is 0. The van der Waals surface area contributed by atoms with Crippen molar-refractivity contribution < 1.29 is 8.42 Å². The van der Waals surface area contributed by atoms with Crippen molar-refractivity contribution in [1.29, 1.82) is 0 Å². The SMILES string of the molecule is CC(c1cccnc1)N1CCC(S(C)(=O)=O)CC1. The normalized spacial score (nSPS) is 20.8. The second kappa shape index (κ2) is 5.36. The average molecular weight is 268 g/mol. The van der Waals surface area contributed by atoms with Crippen LogP contribution in [-0.2, 0) is 9.84 Å². The van der Waals surface area contributed by atoms with E-state index in [1.54, 1.807) is 6.20 Å². The predicted octanol–water partition coefficient (Wildman–Crippen LogP) is 1.65. The van der Waals surface area contributed by atoms with Crippen molar-refractivity contribution in [2.24, 2.45) is 0 Å². The third kappa shape index (κ3) is 3.09. The van der Waals surface area contributed by atoms with Gasteiger partial charge < -0.3 is 0 Å². The molecule has 0 amide bonds. The number of nitrogens with zero attached hydrogens (tertiary/aromatic N) is 2. The Hall–Kier alpha value is -0.940. The zero-order valence-corrected chi connectivity index (χ0v) is 11.7. The van der Waals surface area contributed by atoms with Crippen molar-refractivity contribution >= 4 is 9.84 Å². The molecule has 0 bridgehead atoms. The van der Waals surface area contributed by atoms with Crippen LogP contribution >= 0.6 is 0 Å². The standard InChI is InChI=1S/C13H20N2O2S/c1-11(12-4-3-7-14-10-12)15-8-5-13(6-9-15)18(2,16)17/h3-4,7,10-11,13H,5-6,8-9H2,1-2H3. The number of hydrogen-bond acceptors (Lipinski definition) is 4. The van der Waals surface area contributed by atoms with Crippen LogP contribution in [0.5, 0.6) is 0 Å². The highest BCUT2D eigenvalue weighted by molar-refractivity contribution is 7.91. The fraction of sp³-hybridized carbons (Fsp3) is 0.615. The van der Waals surface area contributed by atoms with Crippen molar-refractivity contribution in [3.05, 3.63) is 30.1 Å². The van der Waals surface area contributed by atoms with Gasteiger partial charge in [0, 0.05) is 24.7 Å². The van der Waals surface area contributed by atoms with Crippen LogP contribution in [0.4, 0.5) is 0 Å². The van der Waals surface area contributed by atoms with Crippen molar-refractivity contribution in [3.63, 3.8) is 0 Å². The maximum Gasteiger partial charge on any atom is 0.150 e. The Morgan fingerprint density at radius 2 is 2.06 bits per heavy atom. The van der Waals surface area contributed by atoms with Gasteiger partial charge in [0.2, 0.25) is 0 Å². The second-order valence-electron chi connectivity index (χ2n) is 5.03. The van der Waals surface area contributed by atoms with Crippen LogP contribution in [0.3, 0.4) is 0 Å². The van der Waals surface area contributed by atoms with E-state index >= 15 is 0 Å². The topological polar surface area (TPSA) is 50.3 Å². The van der Waals surface area contributed by atoms with E-state index in [1.807, 2.05) is 12.3 Å². The van der Waals surface area contributed by atoms with E-state index in [1.165, 1.54) is 11.8 Å². The lowest BCUT2D eigenvalue weighted by atomic mass is 10.0. The average Bonchev–Trinajstić information content (AvgIpc) is 2.38. The molecule has 0 aliphatic carbocycles. The Balaban J connectivity index is 1.98. The third-order valence-electron chi connectivity index (χ3n) is 3.80. The van der Waals surface area contributed by atoms with Gasteiger partial charge in [0.05, 0.1) is 5.25 Å². The number of sulfone groups is 1. The van der Waals surface area contributed by atoms with E-state index < -0.39 is 9.84 Å². The number of aromatic nitrogens is 1. The van der Waals surface area contributed by atoms with Gasteiger partial charge in [0.15, 0.2) is 0 Å². The molecule has 0 spiro atoms. The zero-order valence-electron chi connectivity index (χ0n) is 10.9. The summed E-state index contributed by atoms with van der Waals surface area (Å²) in [5.41, 5.74) is 1.19. The molecule has 1 aromatic heterocycles. The summed E-state index contributed by atoms with van der Waals surface area (Å²) in [6.07, 6.45) is 6.48. The van der Waals surface area contributed by atoms with Gasteiger partial charge in [0.1, 0.15) is 9.84 Å². The van der Waals surface area contributed by atoms with Gasteiger partial charge in [0.25, 0.3) is 0 Å². The fourth-order valence-electron chi connectivity index (χ4n) is 2.53. The first-order valence-corrected chi connectivity index (χ1v) is 8.27. The van der Waals surface area contributed by atoms with E-state index in [9.17, 15) is 8.42 Å². The molecule has 2 rings (SSSR count). The molecule has 1 unspecified atom stereocenters. The van der Waals surface area contributed by atoms with Crippen molar-refractivity contribution in [3.8, 4) is 0 Å². The molecule has 0 radical (unpaired) electrons. The molecule has 1 fully saturated rings. The minimum absolute atomic E-state index is 0.158. The maximum atomic E-state index is 11.5. The number of pyridine rings is 1. The van der Waals surface area contributed by atoms with E-state index in [2.05, 4.69) is 22.9 Å². The molecule has 1 aromatic rings. The molecule has 1 saturated heterocycles. The van der Waals surface area contributed by atoms with Crippen molar-refractivity contribution in [1.82, 2.24) is 9.88 Å². The maximum absolute atomic E-state index is 11.5. The molecule has 1 atom stereocenters. The Morgan fingerprint density at radius 3 is 2.56 bits per heavy atom. The summed E-state index contributed by atoms with van der Waals surface area (Å²) in [5, 5.41) is -0.158. The zero-order chi connectivity index (χ0) is 13.2. The molecule has 5 heteroatoms. The molecule has 0 N–H and O–H groups in total. The molecule has 4 nitrogen and oxygen atoms in total. The lowest BCUT2D eigenvalue weighted by molar-refractivity contribution is 0.176. The first-order valence-electron chi connectivity index (χ1n) is 6.31. The monoisotopic (exact) mass is 268 g/mol. The summed E-state index contributed by atoms with van der Waals surface area (Å²) in [6.45, 7) is 3.83. The van der Waals surface area contributed by atoms with Crippen LogP contribution in [0.2, 0.25) is 0 Å². The number of piperidine rings is 1. The minimum atomic E-state index is -2.88. The van der Waals surface area contributed by atoms with E-state index in [0.29, 0.717) is 6.04 Å². The Labute approximate surface area is 109 Å². The number of likely N-dealkylation sites (tertiary alicyclic amines) is 1. The Kier molecular flexibility index (Phi) is 4.02. The van der Waals surface area contributed by atoms with Crippen LogP contribution in [0.15, 0.2) is 24.5 Å². The van der Waals surface area contributed by atoms with Crippen molar-refractivity contribution in [2.75, 3.05) is 19.3 Å². The lowest BCUT2D eigenvalue weighted by Gasteiger charge is -2.35. The van der Waals surface area contributed by atoms with Gasteiger partial charge in [-0.05, 0) is 44.5 Å². The summed E-state index contributed by atoms with van der Waals surface area (Å²) in [6, 6.07) is 4.31. The smallest absolute Gasteiger partial charge is 0.150 e. The van der Waals surface area contributed by atoms with E-state index in [4.69, 9.17) is 0 Å². The van der Waals surface area contributed by atoms with Crippen LogP contribution in [0.25, 0.3) is 0 Å². The van der Waals surface area contributed by atoms with Crippen LogP contribution in [0.1, 0.15) is 31.4 Å². The summed E-state index contributed by atoms with van der Waals surface area (Å²) in [7, 11) is -2.88. The number of hydrogen-bond donors (Lipinski definition) is 0. The van der Waals surface area contributed by atoms with Gasteiger partial charge >= 0.3 is 0 Å². The Morgan fingerprint density at radius 1 is 1.39 bits per heavy atom. The highest BCUT2D eigenvalue weighted by atomic mass is 32.2. The van der Waals surface area contributed by atoms with Crippen LogP contribution in [0, 0.1) is 0 Å². The highest BCUT2D eigenvalue weighted by Crippen LogP contribution is 2.25. The highest BCUT2D eigenvalue weighted by Gasteiger charge is 2.28. The second-order valence-corrected chi connectivity index (χ2v) is 7.35. The van der Waals surface area contributed by atoms with Crippen molar-refractivity contribution in [2.45, 2.75) is 31.1 Å². The minimum Gasteiger partial charge on any atom is -0.296 e. The van der Waals surface area contributed by atoms with Gasteiger partial charge in [-0.3, -0.25) is 9.88 Å². The molecule has 100 valence electrons.